The summed E-state index contributed by atoms with van der Waals surface area (Å²) in [7, 11) is 0. The monoisotopic (exact) mass is 254 g/mol. The van der Waals surface area contributed by atoms with Crippen molar-refractivity contribution in [3.63, 3.8) is 0 Å². The van der Waals surface area contributed by atoms with E-state index in [4.69, 9.17) is 0 Å². The molecule has 1 N–H and O–H groups in total. The first-order valence-electron chi connectivity index (χ1n) is 7.04. The van der Waals surface area contributed by atoms with E-state index in [-0.39, 0.29) is 0 Å². The number of hydrogen-bond donors (Lipinski definition) is 1. The number of aryl methyl sites for hydroxylation is 1. The minimum Gasteiger partial charge on any atom is -0.508 e. The number of phenols is 1. The van der Waals surface area contributed by atoms with E-state index in [1.54, 1.807) is 6.07 Å². The zero-order valence-electron chi connectivity index (χ0n) is 11.8. The van der Waals surface area contributed by atoms with Crippen molar-refractivity contribution in [2.24, 2.45) is 0 Å². The van der Waals surface area contributed by atoms with Crippen molar-refractivity contribution >= 4 is 0 Å². The van der Waals surface area contributed by atoms with E-state index in [1.165, 1.54) is 11.1 Å². The van der Waals surface area contributed by atoms with Crippen LogP contribution in [0.5, 0.6) is 5.75 Å². The zero-order valence-corrected chi connectivity index (χ0v) is 11.8. The second-order valence-electron chi connectivity index (χ2n) is 5.23. The van der Waals surface area contributed by atoms with Gasteiger partial charge in [0.15, 0.2) is 0 Å². The molecule has 1 atom stereocenters. The fraction of sp³-hybridized carbons (Fsp3) is 0.333. The zero-order chi connectivity index (χ0) is 13.7. The summed E-state index contributed by atoms with van der Waals surface area (Å²) in [6.07, 6.45) is 3.22. The van der Waals surface area contributed by atoms with E-state index in [0.717, 1.165) is 24.8 Å². The summed E-state index contributed by atoms with van der Waals surface area (Å²) in [6.45, 7) is 4.35. The molecule has 2 rings (SSSR count). The molecule has 0 saturated carbocycles. The first kappa shape index (κ1) is 13.7. The van der Waals surface area contributed by atoms with Crippen LogP contribution in [0.25, 0.3) is 0 Å². The van der Waals surface area contributed by atoms with Crippen LogP contribution in [-0.2, 0) is 6.42 Å². The van der Waals surface area contributed by atoms with Crippen LogP contribution < -0.4 is 0 Å². The summed E-state index contributed by atoms with van der Waals surface area (Å²) in [5.74, 6) is 0.898. The Hall–Kier alpha value is -1.76. The Labute approximate surface area is 115 Å². The molecule has 0 bridgehead atoms. The smallest absolute Gasteiger partial charge is 0.118 e. The standard InChI is InChI=1S/C18H22O/c1-3-7-15(16-10-6-8-14(2)12-16)13-17-9-4-5-11-18(17)19/h4-6,8-12,15,19H,3,7,13H2,1-2H3/t15-/m0/s1. The lowest BCUT2D eigenvalue weighted by atomic mass is 9.87. The van der Waals surface area contributed by atoms with Gasteiger partial charge in [0.05, 0.1) is 0 Å². The largest absolute Gasteiger partial charge is 0.508 e. The van der Waals surface area contributed by atoms with Crippen molar-refractivity contribution in [3.8, 4) is 5.75 Å². The van der Waals surface area contributed by atoms with Gasteiger partial charge in [-0.2, -0.15) is 0 Å². The molecule has 0 amide bonds. The van der Waals surface area contributed by atoms with Crippen molar-refractivity contribution in [1.29, 1.82) is 0 Å². The molecule has 0 spiro atoms. The van der Waals surface area contributed by atoms with Crippen molar-refractivity contribution in [2.45, 2.75) is 39.0 Å². The minimum absolute atomic E-state index is 0.413. The molecule has 1 nitrogen and oxygen atoms in total. The van der Waals surface area contributed by atoms with Crippen molar-refractivity contribution in [1.82, 2.24) is 0 Å². The van der Waals surface area contributed by atoms with E-state index >= 15 is 0 Å². The van der Waals surface area contributed by atoms with Gasteiger partial charge in [0.25, 0.3) is 0 Å². The van der Waals surface area contributed by atoms with E-state index in [2.05, 4.69) is 38.1 Å². The quantitative estimate of drug-likeness (QED) is 0.810. The highest BCUT2D eigenvalue weighted by atomic mass is 16.3. The maximum Gasteiger partial charge on any atom is 0.118 e. The Morgan fingerprint density at radius 3 is 2.53 bits per heavy atom. The summed E-state index contributed by atoms with van der Waals surface area (Å²) in [6, 6.07) is 16.4. The van der Waals surface area contributed by atoms with E-state index in [0.29, 0.717) is 11.7 Å². The normalized spacial score (nSPS) is 12.3. The first-order valence-corrected chi connectivity index (χ1v) is 7.04. The number of para-hydroxylation sites is 1. The van der Waals surface area contributed by atoms with Crippen LogP contribution in [0, 0.1) is 6.92 Å². The Morgan fingerprint density at radius 1 is 1.05 bits per heavy atom. The number of hydrogen-bond acceptors (Lipinski definition) is 1. The maximum atomic E-state index is 9.93. The topological polar surface area (TPSA) is 20.2 Å². The summed E-state index contributed by atoms with van der Waals surface area (Å²) >= 11 is 0. The molecule has 0 radical (unpaired) electrons. The Bertz CT molecular complexity index is 531. The molecule has 19 heavy (non-hydrogen) atoms. The molecule has 0 saturated heterocycles. The van der Waals surface area contributed by atoms with E-state index in [1.807, 2.05) is 18.2 Å². The molecule has 2 aromatic carbocycles. The van der Waals surface area contributed by atoms with Gasteiger partial charge in [0, 0.05) is 0 Å². The van der Waals surface area contributed by atoms with Gasteiger partial charge in [-0.1, -0.05) is 61.4 Å². The predicted octanol–water partition coefficient (Wildman–Crippen LogP) is 4.83. The molecule has 0 fully saturated rings. The van der Waals surface area contributed by atoms with Crippen molar-refractivity contribution in [3.05, 3.63) is 65.2 Å². The average molecular weight is 254 g/mol. The Kier molecular flexibility index (Phi) is 4.62. The van der Waals surface area contributed by atoms with Crippen molar-refractivity contribution < 1.29 is 5.11 Å². The van der Waals surface area contributed by atoms with E-state index < -0.39 is 0 Å². The highest BCUT2D eigenvalue weighted by Gasteiger charge is 2.13. The van der Waals surface area contributed by atoms with Gasteiger partial charge in [-0.15, -0.1) is 0 Å². The SMILES string of the molecule is CCC[C@@H](Cc1ccccc1O)c1cccc(C)c1. The summed E-state index contributed by atoms with van der Waals surface area (Å²) in [4.78, 5) is 0. The third-order valence-corrected chi connectivity index (χ3v) is 3.61. The maximum absolute atomic E-state index is 9.93. The Morgan fingerprint density at radius 2 is 1.84 bits per heavy atom. The number of phenolic OH excluding ortho intramolecular Hbond substituents is 1. The van der Waals surface area contributed by atoms with Gasteiger partial charge >= 0.3 is 0 Å². The van der Waals surface area contributed by atoms with Gasteiger partial charge in [0.1, 0.15) is 5.75 Å². The Balaban J connectivity index is 2.24. The fourth-order valence-electron chi connectivity index (χ4n) is 2.61. The molecular weight excluding hydrogens is 232 g/mol. The summed E-state index contributed by atoms with van der Waals surface area (Å²) in [5.41, 5.74) is 3.73. The minimum atomic E-state index is 0.413. The molecule has 2 aromatic rings. The molecule has 0 aliphatic carbocycles. The molecular formula is C18H22O. The number of aromatic hydroxyl groups is 1. The predicted molar refractivity (Wildman–Crippen MR) is 80.6 cm³/mol. The van der Waals surface area contributed by atoms with Gasteiger partial charge in [-0.3, -0.25) is 0 Å². The second-order valence-corrected chi connectivity index (χ2v) is 5.23. The fourth-order valence-corrected chi connectivity index (χ4v) is 2.61. The van der Waals surface area contributed by atoms with E-state index in [9.17, 15) is 5.11 Å². The number of benzene rings is 2. The lowest BCUT2D eigenvalue weighted by molar-refractivity contribution is 0.463. The molecule has 0 aliphatic rings. The van der Waals surface area contributed by atoms with Crippen molar-refractivity contribution in [2.75, 3.05) is 0 Å². The third-order valence-electron chi connectivity index (χ3n) is 3.61. The van der Waals surface area contributed by atoms with Crippen LogP contribution in [0.3, 0.4) is 0 Å². The van der Waals surface area contributed by atoms with Crippen LogP contribution in [0.15, 0.2) is 48.5 Å². The van der Waals surface area contributed by atoms with Crippen LogP contribution in [0.2, 0.25) is 0 Å². The number of rotatable bonds is 5. The first-order chi connectivity index (χ1) is 9.20. The molecule has 100 valence electrons. The molecule has 0 unspecified atom stereocenters. The van der Waals surface area contributed by atoms with Gasteiger partial charge in [-0.05, 0) is 42.9 Å². The lowest BCUT2D eigenvalue weighted by Gasteiger charge is -2.18. The molecule has 0 aliphatic heterocycles. The molecule has 1 heteroatoms. The van der Waals surface area contributed by atoms with Gasteiger partial charge in [0.2, 0.25) is 0 Å². The van der Waals surface area contributed by atoms with Crippen LogP contribution in [0.1, 0.15) is 42.4 Å². The lowest BCUT2D eigenvalue weighted by Crippen LogP contribution is -2.03. The third kappa shape index (κ3) is 3.60. The molecule has 0 aromatic heterocycles. The average Bonchev–Trinajstić information content (AvgIpc) is 2.40. The van der Waals surface area contributed by atoms with Gasteiger partial charge in [-0.25, -0.2) is 0 Å². The van der Waals surface area contributed by atoms with Gasteiger partial charge < -0.3 is 5.11 Å². The molecule has 0 heterocycles. The van der Waals surface area contributed by atoms with Crippen LogP contribution in [0.4, 0.5) is 0 Å². The summed E-state index contributed by atoms with van der Waals surface area (Å²) < 4.78 is 0. The highest BCUT2D eigenvalue weighted by Crippen LogP contribution is 2.29. The van der Waals surface area contributed by atoms with Crippen LogP contribution >= 0.6 is 0 Å². The van der Waals surface area contributed by atoms with Crippen LogP contribution in [-0.4, -0.2) is 5.11 Å². The highest BCUT2D eigenvalue weighted by molar-refractivity contribution is 5.35. The second kappa shape index (κ2) is 6.42. The summed E-state index contributed by atoms with van der Waals surface area (Å²) in [5, 5.41) is 9.93.